The predicted octanol–water partition coefficient (Wildman–Crippen LogP) is 5.64. The first kappa shape index (κ1) is 24.3. The normalized spacial score (nSPS) is 11.7. The number of benzene rings is 3. The number of amides is 2. The summed E-state index contributed by atoms with van der Waals surface area (Å²) in [5.74, 6) is 0.441. The Labute approximate surface area is 208 Å². The molecule has 0 bridgehead atoms. The predicted molar refractivity (Wildman–Crippen MR) is 140 cm³/mol. The van der Waals surface area contributed by atoms with Crippen molar-refractivity contribution in [2.45, 2.75) is 32.7 Å². The van der Waals surface area contributed by atoms with Gasteiger partial charge in [0.05, 0.1) is 7.11 Å². The van der Waals surface area contributed by atoms with Crippen LogP contribution in [-0.4, -0.2) is 46.6 Å². The van der Waals surface area contributed by atoms with Gasteiger partial charge in [0.2, 0.25) is 11.0 Å². The largest absolute Gasteiger partial charge is 0.497 e. The molecule has 0 aliphatic rings. The van der Waals surface area contributed by atoms with Gasteiger partial charge in [-0.05, 0) is 48.4 Å². The van der Waals surface area contributed by atoms with E-state index in [0.717, 1.165) is 28.5 Å². The Kier molecular flexibility index (Phi) is 7.72. The molecule has 0 saturated carbocycles. The number of hydrogen-bond acceptors (Lipinski definition) is 6. The van der Waals surface area contributed by atoms with Gasteiger partial charge >= 0.3 is 0 Å². The average molecular weight is 489 g/mol. The van der Waals surface area contributed by atoms with Crippen molar-refractivity contribution in [2.24, 2.45) is 0 Å². The van der Waals surface area contributed by atoms with Crippen LogP contribution in [0.4, 0.5) is 5.13 Å². The van der Waals surface area contributed by atoms with Crippen LogP contribution in [0.15, 0.2) is 66.7 Å². The summed E-state index contributed by atoms with van der Waals surface area (Å²) in [6.45, 7) is 4.35. The van der Waals surface area contributed by atoms with Crippen molar-refractivity contribution in [3.8, 4) is 16.3 Å². The zero-order valence-electron chi connectivity index (χ0n) is 20.0. The molecule has 1 N–H and O–H groups in total. The van der Waals surface area contributed by atoms with Gasteiger partial charge in [0.15, 0.2) is 0 Å². The molecule has 0 saturated heterocycles. The molecule has 1 atom stereocenters. The molecule has 1 unspecified atom stereocenters. The zero-order chi connectivity index (χ0) is 24.8. The average Bonchev–Trinajstić information content (AvgIpc) is 3.36. The van der Waals surface area contributed by atoms with E-state index in [1.54, 1.807) is 12.0 Å². The number of hydrogen-bond donors (Lipinski definition) is 1. The Bertz CT molecular complexity index is 1340. The summed E-state index contributed by atoms with van der Waals surface area (Å²) in [5, 5.41) is 14.3. The van der Waals surface area contributed by atoms with Crippen molar-refractivity contribution in [1.29, 1.82) is 0 Å². The smallest absolute Gasteiger partial charge is 0.254 e. The number of nitrogens with zero attached hydrogens (tertiary/aromatic N) is 3. The summed E-state index contributed by atoms with van der Waals surface area (Å²) in [7, 11) is 1.61. The van der Waals surface area contributed by atoms with Gasteiger partial charge in [-0.25, -0.2) is 0 Å². The number of aromatic nitrogens is 2. The molecule has 2 amide bonds. The van der Waals surface area contributed by atoms with Crippen LogP contribution >= 0.6 is 11.3 Å². The highest BCUT2D eigenvalue weighted by Crippen LogP contribution is 2.29. The lowest BCUT2D eigenvalue weighted by Crippen LogP contribution is -2.40. The number of fused-ring (bicyclic) bond motifs is 1. The number of carbonyl (C=O) groups excluding carboxylic acids is 2. The van der Waals surface area contributed by atoms with Crippen LogP contribution in [0, 0.1) is 0 Å². The fraction of sp³-hybridized carbons (Fsp3) is 0.259. The summed E-state index contributed by atoms with van der Waals surface area (Å²) < 4.78 is 5.26. The summed E-state index contributed by atoms with van der Waals surface area (Å²) in [6.07, 6.45) is 0.957. The first-order chi connectivity index (χ1) is 17.0. The van der Waals surface area contributed by atoms with E-state index in [1.165, 1.54) is 11.3 Å². The Hall–Kier alpha value is -3.78. The summed E-state index contributed by atoms with van der Waals surface area (Å²) in [5.41, 5.74) is 1.49. The van der Waals surface area contributed by atoms with Gasteiger partial charge in [0.25, 0.3) is 5.91 Å². The third kappa shape index (κ3) is 5.84. The molecular weight excluding hydrogens is 460 g/mol. The van der Waals surface area contributed by atoms with Crippen LogP contribution in [0.25, 0.3) is 21.3 Å². The fourth-order valence-corrected chi connectivity index (χ4v) is 4.54. The topological polar surface area (TPSA) is 84.4 Å². The van der Waals surface area contributed by atoms with Gasteiger partial charge in [-0.2, -0.15) is 0 Å². The molecule has 0 radical (unpaired) electrons. The second-order valence-electron chi connectivity index (χ2n) is 8.26. The Balaban J connectivity index is 1.41. The Morgan fingerprint density at radius 2 is 1.83 bits per heavy atom. The molecule has 1 aromatic heterocycles. The summed E-state index contributed by atoms with van der Waals surface area (Å²) in [6, 6.07) is 21.2. The minimum Gasteiger partial charge on any atom is -0.497 e. The van der Waals surface area contributed by atoms with Gasteiger partial charge in [0.1, 0.15) is 10.8 Å². The first-order valence-corrected chi connectivity index (χ1v) is 12.4. The molecule has 0 aliphatic carbocycles. The highest BCUT2D eigenvalue weighted by atomic mass is 32.1. The van der Waals surface area contributed by atoms with Gasteiger partial charge in [-0.15, -0.1) is 10.2 Å². The molecular formula is C27H28N4O3S. The quantitative estimate of drug-likeness (QED) is 0.330. The lowest BCUT2D eigenvalue weighted by Gasteiger charge is -2.28. The van der Waals surface area contributed by atoms with Crippen molar-refractivity contribution < 1.29 is 14.3 Å². The molecule has 0 spiro atoms. The van der Waals surface area contributed by atoms with Crippen molar-refractivity contribution in [3.63, 3.8) is 0 Å². The van der Waals surface area contributed by atoms with Crippen LogP contribution in [0.5, 0.6) is 5.75 Å². The molecule has 0 fully saturated rings. The third-order valence-electron chi connectivity index (χ3n) is 5.95. The minimum absolute atomic E-state index is 0.00274. The number of nitrogens with one attached hydrogen (secondary N) is 1. The fourth-order valence-electron chi connectivity index (χ4n) is 3.78. The van der Waals surface area contributed by atoms with E-state index >= 15 is 0 Å². The molecule has 8 heteroatoms. The number of ether oxygens (including phenoxy) is 1. The lowest BCUT2D eigenvalue weighted by molar-refractivity contribution is -0.116. The van der Waals surface area contributed by atoms with Crippen LogP contribution in [-0.2, 0) is 4.79 Å². The Morgan fingerprint density at radius 1 is 1.03 bits per heavy atom. The molecule has 4 aromatic rings. The van der Waals surface area contributed by atoms with E-state index in [2.05, 4.69) is 15.5 Å². The van der Waals surface area contributed by atoms with Crippen LogP contribution < -0.4 is 10.1 Å². The molecule has 3 aromatic carbocycles. The summed E-state index contributed by atoms with van der Waals surface area (Å²) >= 11 is 1.29. The molecule has 35 heavy (non-hydrogen) atoms. The number of methoxy groups -OCH3 is 1. The molecule has 7 nitrogen and oxygen atoms in total. The van der Waals surface area contributed by atoms with Gasteiger partial charge in [0, 0.05) is 30.1 Å². The standard InChI is InChI=1S/C27H28N4O3S/c1-4-18(2)31(26(33)22-13-12-19-8-5-6-9-20(19)16-22)15-14-24(32)28-27-30-29-25(35-27)21-10-7-11-23(17-21)34-3/h5-13,16-18H,4,14-15H2,1-3H3,(H,28,30,32). The Morgan fingerprint density at radius 3 is 2.60 bits per heavy atom. The van der Waals surface area contributed by atoms with Gasteiger partial charge in [-0.3, -0.25) is 9.59 Å². The molecule has 1 heterocycles. The van der Waals surface area contributed by atoms with Crippen LogP contribution in [0.1, 0.15) is 37.0 Å². The monoisotopic (exact) mass is 488 g/mol. The summed E-state index contributed by atoms with van der Waals surface area (Å²) in [4.78, 5) is 27.8. The highest BCUT2D eigenvalue weighted by Gasteiger charge is 2.22. The van der Waals surface area contributed by atoms with Crippen molar-refractivity contribution in [3.05, 3.63) is 72.3 Å². The van der Waals surface area contributed by atoms with E-state index in [0.29, 0.717) is 22.2 Å². The molecule has 4 rings (SSSR count). The molecule has 180 valence electrons. The van der Waals surface area contributed by atoms with Crippen LogP contribution in [0.3, 0.4) is 0 Å². The number of carbonyl (C=O) groups is 2. The van der Waals surface area contributed by atoms with E-state index in [4.69, 9.17) is 4.74 Å². The lowest BCUT2D eigenvalue weighted by atomic mass is 10.1. The minimum atomic E-state index is -0.210. The van der Waals surface area contributed by atoms with E-state index in [1.807, 2.05) is 80.6 Å². The second-order valence-corrected chi connectivity index (χ2v) is 9.24. The maximum Gasteiger partial charge on any atom is 0.254 e. The number of rotatable bonds is 9. The maximum absolute atomic E-state index is 13.3. The molecule has 0 aliphatic heterocycles. The second kappa shape index (κ2) is 11.1. The maximum atomic E-state index is 13.3. The number of anilines is 1. The van der Waals surface area contributed by atoms with Gasteiger partial charge < -0.3 is 15.0 Å². The first-order valence-electron chi connectivity index (χ1n) is 11.6. The van der Waals surface area contributed by atoms with Crippen molar-refractivity contribution in [2.75, 3.05) is 19.0 Å². The third-order valence-corrected chi connectivity index (χ3v) is 6.84. The highest BCUT2D eigenvalue weighted by molar-refractivity contribution is 7.18. The van der Waals surface area contributed by atoms with E-state index in [9.17, 15) is 9.59 Å². The van der Waals surface area contributed by atoms with E-state index in [-0.39, 0.29) is 24.3 Å². The van der Waals surface area contributed by atoms with Crippen molar-refractivity contribution >= 4 is 39.1 Å². The zero-order valence-corrected chi connectivity index (χ0v) is 20.8. The SMILES string of the molecule is CCC(C)N(CCC(=O)Nc1nnc(-c2cccc(OC)c2)s1)C(=O)c1ccc2ccccc2c1. The van der Waals surface area contributed by atoms with Crippen molar-refractivity contribution in [1.82, 2.24) is 15.1 Å². The van der Waals surface area contributed by atoms with Crippen LogP contribution in [0.2, 0.25) is 0 Å². The van der Waals surface area contributed by atoms with E-state index < -0.39 is 0 Å². The van der Waals surface area contributed by atoms with Gasteiger partial charge in [-0.1, -0.05) is 60.7 Å².